The fourth-order valence-electron chi connectivity index (χ4n) is 0.954. The van der Waals surface area contributed by atoms with Gasteiger partial charge in [-0.25, -0.2) is 4.68 Å². The molecule has 1 unspecified atom stereocenters. The van der Waals surface area contributed by atoms with Crippen LogP contribution in [0.3, 0.4) is 0 Å². The Kier molecular flexibility index (Phi) is 2.75. The number of thioether (sulfide) groups is 1. The summed E-state index contributed by atoms with van der Waals surface area (Å²) in [6.45, 7) is 0.808. The van der Waals surface area contributed by atoms with Crippen molar-refractivity contribution in [2.75, 3.05) is 5.75 Å². The lowest BCUT2D eigenvalue weighted by Crippen LogP contribution is -2.32. The maximum absolute atomic E-state index is 5.70. The molecule has 0 aromatic carbocycles. The highest BCUT2D eigenvalue weighted by Crippen LogP contribution is 2.21. The summed E-state index contributed by atoms with van der Waals surface area (Å²) >= 11 is 1.72. The van der Waals surface area contributed by atoms with E-state index in [2.05, 4.69) is 10.3 Å². The molecular weight excluding hydrogens is 184 g/mol. The third kappa shape index (κ3) is 1.66. The molecule has 11 heavy (non-hydrogen) atoms. The van der Waals surface area contributed by atoms with Gasteiger partial charge in [0, 0.05) is 11.8 Å². The van der Waals surface area contributed by atoms with Crippen LogP contribution in [0.2, 0.25) is 0 Å². The number of hydrogen-bond acceptors (Lipinski definition) is 4. The second-order valence-electron chi connectivity index (χ2n) is 2.33. The molecule has 1 aromatic heterocycles. The van der Waals surface area contributed by atoms with E-state index in [-0.39, 0.29) is 18.4 Å². The molecule has 0 amide bonds. The minimum absolute atomic E-state index is 0. The lowest BCUT2D eigenvalue weighted by Gasteiger charge is -2.17. The van der Waals surface area contributed by atoms with Crippen molar-refractivity contribution in [2.45, 2.75) is 17.6 Å². The molecular formula is C5H9ClN4S. The van der Waals surface area contributed by atoms with Gasteiger partial charge < -0.3 is 5.73 Å². The highest BCUT2D eigenvalue weighted by molar-refractivity contribution is 7.99. The van der Waals surface area contributed by atoms with Crippen LogP contribution in [0.25, 0.3) is 0 Å². The van der Waals surface area contributed by atoms with Crippen LogP contribution in [0.15, 0.2) is 11.2 Å². The van der Waals surface area contributed by atoms with E-state index in [1.807, 2.05) is 4.68 Å². The second kappa shape index (κ2) is 3.42. The first kappa shape index (κ1) is 8.83. The highest BCUT2D eigenvalue weighted by atomic mass is 35.5. The van der Waals surface area contributed by atoms with Crippen molar-refractivity contribution in [3.8, 4) is 0 Å². The van der Waals surface area contributed by atoms with Crippen molar-refractivity contribution in [3.05, 3.63) is 6.20 Å². The number of halogens is 1. The Morgan fingerprint density at radius 3 is 3.36 bits per heavy atom. The summed E-state index contributed by atoms with van der Waals surface area (Å²) in [7, 11) is 0. The van der Waals surface area contributed by atoms with Crippen LogP contribution >= 0.6 is 24.2 Å². The summed E-state index contributed by atoms with van der Waals surface area (Å²) in [5.41, 5.74) is 5.70. The lowest BCUT2D eigenvalue weighted by atomic mass is 10.4. The molecule has 1 atom stereocenters. The fourth-order valence-corrected chi connectivity index (χ4v) is 1.83. The summed E-state index contributed by atoms with van der Waals surface area (Å²) in [4.78, 5) is 0. The normalized spacial score (nSPS) is 22.1. The lowest BCUT2D eigenvalue weighted by molar-refractivity contribution is 0.485. The van der Waals surface area contributed by atoms with Gasteiger partial charge in [0.15, 0.2) is 0 Å². The molecule has 0 bridgehead atoms. The average Bonchev–Trinajstić information content (AvgIpc) is 2.33. The molecule has 0 radical (unpaired) electrons. The van der Waals surface area contributed by atoms with Crippen molar-refractivity contribution < 1.29 is 0 Å². The molecule has 2 N–H and O–H groups in total. The van der Waals surface area contributed by atoms with Gasteiger partial charge in [0.05, 0.1) is 12.7 Å². The van der Waals surface area contributed by atoms with Crippen LogP contribution in [0.5, 0.6) is 0 Å². The third-order valence-corrected chi connectivity index (χ3v) is 2.64. The highest BCUT2D eigenvalue weighted by Gasteiger charge is 2.15. The van der Waals surface area contributed by atoms with Crippen LogP contribution in [-0.4, -0.2) is 26.8 Å². The van der Waals surface area contributed by atoms with E-state index < -0.39 is 0 Å². The molecule has 1 aromatic rings. The number of hydrogen-bond donors (Lipinski definition) is 1. The van der Waals surface area contributed by atoms with E-state index in [0.29, 0.717) is 0 Å². The SMILES string of the molecule is Cl.NC1CSc2cnnn2C1. The minimum atomic E-state index is 0. The first-order valence-electron chi connectivity index (χ1n) is 3.13. The number of fused-ring (bicyclic) bond motifs is 1. The Bertz CT molecular complexity index is 238. The molecule has 0 aliphatic carbocycles. The van der Waals surface area contributed by atoms with Gasteiger partial charge in [0.1, 0.15) is 5.03 Å². The van der Waals surface area contributed by atoms with Crippen molar-refractivity contribution in [1.82, 2.24) is 15.0 Å². The molecule has 62 valence electrons. The second-order valence-corrected chi connectivity index (χ2v) is 3.37. The number of nitrogens with zero attached hydrogens (tertiary/aromatic N) is 3. The maximum atomic E-state index is 5.70. The Morgan fingerprint density at radius 2 is 2.55 bits per heavy atom. The molecule has 1 aliphatic heterocycles. The van der Waals surface area contributed by atoms with Crippen LogP contribution in [0, 0.1) is 0 Å². The zero-order valence-corrected chi connectivity index (χ0v) is 7.44. The zero-order chi connectivity index (χ0) is 6.97. The molecule has 2 rings (SSSR count). The van der Waals surface area contributed by atoms with Crippen LogP contribution < -0.4 is 5.73 Å². The molecule has 0 saturated heterocycles. The Morgan fingerprint density at radius 1 is 1.73 bits per heavy atom. The first-order chi connectivity index (χ1) is 4.86. The first-order valence-corrected chi connectivity index (χ1v) is 4.11. The molecule has 4 nitrogen and oxygen atoms in total. The summed E-state index contributed by atoms with van der Waals surface area (Å²) < 4.78 is 1.85. The maximum Gasteiger partial charge on any atom is 0.114 e. The standard InChI is InChI=1S/C5H8N4S.ClH/c6-4-2-9-5(10-3-4)1-7-8-9;/h1,4H,2-3,6H2;1H. The molecule has 0 fully saturated rings. The number of aromatic nitrogens is 3. The molecule has 6 heteroatoms. The fraction of sp³-hybridized carbons (Fsp3) is 0.600. The predicted molar refractivity (Wildman–Crippen MR) is 46.0 cm³/mol. The van der Waals surface area contributed by atoms with Crippen LogP contribution in [0.1, 0.15) is 0 Å². The van der Waals surface area contributed by atoms with Crippen LogP contribution in [-0.2, 0) is 6.54 Å². The van der Waals surface area contributed by atoms with Crippen LogP contribution in [0.4, 0.5) is 0 Å². The molecule has 2 heterocycles. The molecule has 0 saturated carbocycles. The van der Waals surface area contributed by atoms with E-state index in [9.17, 15) is 0 Å². The van der Waals surface area contributed by atoms with Crippen molar-refractivity contribution in [2.24, 2.45) is 5.73 Å². The van der Waals surface area contributed by atoms with E-state index in [1.54, 1.807) is 18.0 Å². The van der Waals surface area contributed by atoms with Gasteiger partial charge >= 0.3 is 0 Å². The van der Waals surface area contributed by atoms with Gasteiger partial charge in [0.25, 0.3) is 0 Å². The summed E-state index contributed by atoms with van der Waals surface area (Å²) in [5, 5.41) is 8.77. The van der Waals surface area contributed by atoms with E-state index in [4.69, 9.17) is 5.73 Å². The topological polar surface area (TPSA) is 56.7 Å². The summed E-state index contributed by atoms with van der Waals surface area (Å²) in [6, 6.07) is 0.235. The average molecular weight is 193 g/mol. The smallest absolute Gasteiger partial charge is 0.114 e. The molecule has 1 aliphatic rings. The number of rotatable bonds is 0. The van der Waals surface area contributed by atoms with Gasteiger partial charge in [-0.1, -0.05) is 5.21 Å². The van der Waals surface area contributed by atoms with E-state index in [0.717, 1.165) is 17.3 Å². The minimum Gasteiger partial charge on any atom is -0.325 e. The van der Waals surface area contributed by atoms with Crippen molar-refractivity contribution in [3.63, 3.8) is 0 Å². The predicted octanol–water partition coefficient (Wildman–Crippen LogP) is 0.133. The Labute approximate surface area is 74.9 Å². The van der Waals surface area contributed by atoms with Crippen molar-refractivity contribution in [1.29, 1.82) is 0 Å². The van der Waals surface area contributed by atoms with Gasteiger partial charge in [-0.2, -0.15) is 0 Å². The van der Waals surface area contributed by atoms with Gasteiger partial charge in [-0.15, -0.1) is 29.3 Å². The largest absolute Gasteiger partial charge is 0.325 e. The van der Waals surface area contributed by atoms with Crippen molar-refractivity contribution >= 4 is 24.2 Å². The van der Waals surface area contributed by atoms with Gasteiger partial charge in [0.2, 0.25) is 0 Å². The van der Waals surface area contributed by atoms with Gasteiger partial charge in [-0.05, 0) is 0 Å². The van der Waals surface area contributed by atoms with E-state index in [1.165, 1.54) is 0 Å². The van der Waals surface area contributed by atoms with Gasteiger partial charge in [-0.3, -0.25) is 0 Å². The monoisotopic (exact) mass is 192 g/mol. The summed E-state index contributed by atoms with van der Waals surface area (Å²) in [6.07, 6.45) is 1.77. The third-order valence-electron chi connectivity index (χ3n) is 1.43. The zero-order valence-electron chi connectivity index (χ0n) is 5.80. The molecule has 0 spiro atoms. The Balaban J connectivity index is 0.000000605. The quantitative estimate of drug-likeness (QED) is 0.635. The van der Waals surface area contributed by atoms with E-state index >= 15 is 0 Å². The Hall–Kier alpha value is -0.260. The number of nitrogens with two attached hydrogens (primary N) is 1. The summed E-state index contributed by atoms with van der Waals surface area (Å²) in [5.74, 6) is 0.980.